The Hall–Kier alpha value is -1.62. The normalized spacial score (nSPS) is 10.3. The number of rotatable bonds is 5. The first-order valence-corrected chi connectivity index (χ1v) is 6.52. The molecule has 5 heteroatoms. The third-order valence-electron chi connectivity index (χ3n) is 2.43. The number of ether oxygens (including phenoxy) is 1. The van der Waals surface area contributed by atoms with Crippen LogP contribution in [0.5, 0.6) is 5.75 Å². The third-order valence-corrected chi connectivity index (χ3v) is 2.92. The minimum absolute atomic E-state index is 0.212. The van der Waals surface area contributed by atoms with E-state index in [-0.39, 0.29) is 11.6 Å². The van der Waals surface area contributed by atoms with E-state index in [1.807, 2.05) is 0 Å². The van der Waals surface area contributed by atoms with Gasteiger partial charge in [-0.3, -0.25) is 0 Å². The Kier molecular flexibility index (Phi) is 4.74. The van der Waals surface area contributed by atoms with Gasteiger partial charge >= 0.3 is 0 Å². The SMILES string of the molecule is Fc1ccc(NCCOc2ccc(Br)cc2F)cc1. The molecule has 0 unspecified atom stereocenters. The molecule has 0 saturated heterocycles. The minimum Gasteiger partial charge on any atom is -0.489 e. The van der Waals surface area contributed by atoms with Crippen molar-refractivity contribution in [1.29, 1.82) is 0 Å². The van der Waals surface area contributed by atoms with Crippen LogP contribution in [0.4, 0.5) is 14.5 Å². The quantitative estimate of drug-likeness (QED) is 0.830. The lowest BCUT2D eigenvalue weighted by atomic mass is 10.3. The Balaban J connectivity index is 1.79. The van der Waals surface area contributed by atoms with Crippen molar-refractivity contribution in [1.82, 2.24) is 0 Å². The second kappa shape index (κ2) is 6.52. The van der Waals surface area contributed by atoms with Gasteiger partial charge in [0.15, 0.2) is 11.6 Å². The van der Waals surface area contributed by atoms with Gasteiger partial charge in [-0.1, -0.05) is 15.9 Å². The van der Waals surface area contributed by atoms with Crippen molar-refractivity contribution in [3.05, 3.63) is 58.6 Å². The molecule has 0 radical (unpaired) electrons. The number of nitrogens with one attached hydrogen (secondary N) is 1. The van der Waals surface area contributed by atoms with E-state index in [1.165, 1.54) is 18.2 Å². The van der Waals surface area contributed by atoms with Crippen LogP contribution in [0.3, 0.4) is 0 Å². The number of halogens is 3. The number of benzene rings is 2. The molecule has 100 valence electrons. The van der Waals surface area contributed by atoms with Crippen LogP contribution >= 0.6 is 15.9 Å². The van der Waals surface area contributed by atoms with Crippen LogP contribution in [0.25, 0.3) is 0 Å². The lowest BCUT2D eigenvalue weighted by Crippen LogP contribution is -2.12. The second-order valence-corrected chi connectivity index (χ2v) is 4.77. The molecule has 19 heavy (non-hydrogen) atoms. The van der Waals surface area contributed by atoms with E-state index in [9.17, 15) is 8.78 Å². The van der Waals surface area contributed by atoms with Crippen molar-refractivity contribution in [2.45, 2.75) is 0 Å². The van der Waals surface area contributed by atoms with Crippen molar-refractivity contribution in [2.24, 2.45) is 0 Å². The van der Waals surface area contributed by atoms with Crippen molar-refractivity contribution in [2.75, 3.05) is 18.5 Å². The minimum atomic E-state index is -0.406. The van der Waals surface area contributed by atoms with Crippen LogP contribution in [0.2, 0.25) is 0 Å². The van der Waals surface area contributed by atoms with Crippen molar-refractivity contribution < 1.29 is 13.5 Å². The molecule has 0 aliphatic carbocycles. The summed E-state index contributed by atoms with van der Waals surface area (Å²) in [6.07, 6.45) is 0. The highest BCUT2D eigenvalue weighted by atomic mass is 79.9. The number of anilines is 1. The lowest BCUT2D eigenvalue weighted by Gasteiger charge is -2.09. The van der Waals surface area contributed by atoms with Crippen LogP contribution in [-0.2, 0) is 0 Å². The highest BCUT2D eigenvalue weighted by Crippen LogP contribution is 2.21. The summed E-state index contributed by atoms with van der Waals surface area (Å²) < 4.78 is 32.1. The highest BCUT2D eigenvalue weighted by molar-refractivity contribution is 9.10. The van der Waals surface area contributed by atoms with E-state index in [0.29, 0.717) is 17.6 Å². The number of hydrogen-bond acceptors (Lipinski definition) is 2. The van der Waals surface area contributed by atoms with Crippen LogP contribution in [0.1, 0.15) is 0 Å². The molecule has 0 aromatic heterocycles. The molecule has 0 bridgehead atoms. The average molecular weight is 328 g/mol. The maximum absolute atomic E-state index is 13.4. The van der Waals surface area contributed by atoms with Gasteiger partial charge in [-0.15, -0.1) is 0 Å². The Labute approximate surface area is 118 Å². The molecule has 2 rings (SSSR count). The monoisotopic (exact) mass is 327 g/mol. The smallest absolute Gasteiger partial charge is 0.166 e. The van der Waals surface area contributed by atoms with Gasteiger partial charge in [0.2, 0.25) is 0 Å². The predicted molar refractivity (Wildman–Crippen MR) is 74.5 cm³/mol. The van der Waals surface area contributed by atoms with E-state index < -0.39 is 5.82 Å². The summed E-state index contributed by atoms with van der Waals surface area (Å²) in [5.74, 6) is -0.473. The van der Waals surface area contributed by atoms with Gasteiger partial charge in [-0.05, 0) is 42.5 Å². The summed E-state index contributed by atoms with van der Waals surface area (Å²) in [5.41, 5.74) is 0.793. The van der Waals surface area contributed by atoms with Gasteiger partial charge in [0.25, 0.3) is 0 Å². The zero-order chi connectivity index (χ0) is 13.7. The molecule has 0 aliphatic rings. The first-order valence-electron chi connectivity index (χ1n) is 5.72. The zero-order valence-electron chi connectivity index (χ0n) is 10.00. The highest BCUT2D eigenvalue weighted by Gasteiger charge is 2.03. The summed E-state index contributed by atoms with van der Waals surface area (Å²) in [5, 5.41) is 3.05. The summed E-state index contributed by atoms with van der Waals surface area (Å²) in [7, 11) is 0. The lowest BCUT2D eigenvalue weighted by molar-refractivity contribution is 0.315. The molecule has 0 heterocycles. The standard InChI is InChI=1S/C14H12BrF2NO/c15-10-1-6-14(13(17)9-10)19-8-7-18-12-4-2-11(16)3-5-12/h1-6,9,18H,7-8H2. The van der Waals surface area contributed by atoms with Gasteiger partial charge < -0.3 is 10.1 Å². The summed E-state index contributed by atoms with van der Waals surface area (Å²) in [4.78, 5) is 0. The van der Waals surface area contributed by atoms with E-state index in [2.05, 4.69) is 21.2 Å². The molecule has 2 aromatic carbocycles. The molecule has 0 aliphatic heterocycles. The van der Waals surface area contributed by atoms with Gasteiger partial charge in [0, 0.05) is 16.7 Å². The Morgan fingerprint density at radius 3 is 2.47 bits per heavy atom. The fourth-order valence-electron chi connectivity index (χ4n) is 1.52. The summed E-state index contributed by atoms with van der Waals surface area (Å²) >= 11 is 3.18. The molecule has 2 nitrogen and oxygen atoms in total. The van der Waals surface area contributed by atoms with E-state index in [0.717, 1.165) is 5.69 Å². The molecule has 0 atom stereocenters. The first kappa shape index (κ1) is 13.8. The fourth-order valence-corrected chi connectivity index (χ4v) is 1.85. The molecule has 0 fully saturated rings. The summed E-state index contributed by atoms with van der Waals surface area (Å²) in [6, 6.07) is 10.6. The van der Waals surface area contributed by atoms with Crippen LogP contribution in [0.15, 0.2) is 46.9 Å². The Morgan fingerprint density at radius 1 is 1.05 bits per heavy atom. The molecule has 2 aromatic rings. The van der Waals surface area contributed by atoms with Crippen LogP contribution in [0, 0.1) is 11.6 Å². The fraction of sp³-hybridized carbons (Fsp3) is 0.143. The van der Waals surface area contributed by atoms with Gasteiger partial charge in [0.1, 0.15) is 12.4 Å². The Morgan fingerprint density at radius 2 is 1.79 bits per heavy atom. The molecule has 0 amide bonds. The molecule has 1 N–H and O–H groups in total. The van der Waals surface area contributed by atoms with E-state index >= 15 is 0 Å². The maximum Gasteiger partial charge on any atom is 0.166 e. The maximum atomic E-state index is 13.4. The molecular weight excluding hydrogens is 316 g/mol. The predicted octanol–water partition coefficient (Wildman–Crippen LogP) is 4.22. The topological polar surface area (TPSA) is 21.3 Å². The number of hydrogen-bond donors (Lipinski definition) is 1. The second-order valence-electron chi connectivity index (χ2n) is 3.86. The van der Waals surface area contributed by atoms with E-state index in [1.54, 1.807) is 24.3 Å². The first-order chi connectivity index (χ1) is 9.15. The Bertz CT molecular complexity index is 546. The molecule has 0 saturated carbocycles. The van der Waals surface area contributed by atoms with Gasteiger partial charge in [0.05, 0.1) is 0 Å². The van der Waals surface area contributed by atoms with Crippen LogP contribution < -0.4 is 10.1 Å². The third kappa shape index (κ3) is 4.21. The van der Waals surface area contributed by atoms with Crippen LogP contribution in [-0.4, -0.2) is 13.2 Å². The van der Waals surface area contributed by atoms with Crippen molar-refractivity contribution in [3.8, 4) is 5.75 Å². The molecular formula is C14H12BrF2NO. The largest absolute Gasteiger partial charge is 0.489 e. The zero-order valence-corrected chi connectivity index (χ0v) is 11.6. The average Bonchev–Trinajstić information content (AvgIpc) is 2.39. The van der Waals surface area contributed by atoms with Gasteiger partial charge in [-0.2, -0.15) is 0 Å². The van der Waals surface area contributed by atoms with Crippen molar-refractivity contribution in [3.63, 3.8) is 0 Å². The van der Waals surface area contributed by atoms with E-state index in [4.69, 9.17) is 4.74 Å². The van der Waals surface area contributed by atoms with Crippen molar-refractivity contribution >= 4 is 21.6 Å². The molecule has 0 spiro atoms. The summed E-state index contributed by atoms with van der Waals surface area (Å²) in [6.45, 7) is 0.817. The van der Waals surface area contributed by atoms with Gasteiger partial charge in [-0.25, -0.2) is 8.78 Å².